The zero-order valence-electron chi connectivity index (χ0n) is 25.9. The van der Waals surface area contributed by atoms with Crippen molar-refractivity contribution in [2.45, 2.75) is 76.3 Å². The summed E-state index contributed by atoms with van der Waals surface area (Å²) in [5.74, 6) is 0.216. The van der Waals surface area contributed by atoms with Crippen molar-refractivity contribution in [3.63, 3.8) is 0 Å². The average molecular weight is 645 g/mol. The maximum Gasteiger partial charge on any atom is 0.264 e. The molecule has 5 rings (SSSR count). The summed E-state index contributed by atoms with van der Waals surface area (Å²) < 4.78 is 41.6. The number of amides is 1. The summed E-state index contributed by atoms with van der Waals surface area (Å²) in [6.45, 7) is 5.30. The third kappa shape index (κ3) is 6.96. The predicted octanol–water partition coefficient (Wildman–Crippen LogP) is 5.90. The SMILES string of the molecule is CO[C@@]1(CCO)/C=C/C[C@H](C)[C@@H](C)S(=O)(=O)NC(=O)c2ccc3c(c2)N(CCCCc2cc(Cl)ccc2CO3)C[C@@H]2CC[C@H]21. The summed E-state index contributed by atoms with van der Waals surface area (Å²) >= 11 is 6.33. The fourth-order valence-corrected chi connectivity index (χ4v) is 8.42. The van der Waals surface area contributed by atoms with E-state index < -0.39 is 26.8 Å². The Morgan fingerprint density at radius 3 is 2.68 bits per heavy atom. The highest BCUT2D eigenvalue weighted by atomic mass is 35.5. The molecule has 2 N–H and O–H groups in total. The molecule has 1 amide bonds. The number of hydrogen-bond donors (Lipinski definition) is 2. The Morgan fingerprint density at radius 2 is 1.95 bits per heavy atom. The second kappa shape index (κ2) is 13.8. The smallest absolute Gasteiger partial charge is 0.264 e. The van der Waals surface area contributed by atoms with Gasteiger partial charge in [-0.15, -0.1) is 0 Å². The van der Waals surface area contributed by atoms with Crippen molar-refractivity contribution in [2.75, 3.05) is 31.7 Å². The molecule has 0 radical (unpaired) electrons. The number of benzene rings is 2. The number of aliphatic hydroxyl groups is 1. The fraction of sp³-hybridized carbons (Fsp3) is 0.559. The first-order chi connectivity index (χ1) is 21.1. The highest BCUT2D eigenvalue weighted by Gasteiger charge is 2.47. The molecule has 10 heteroatoms. The van der Waals surface area contributed by atoms with E-state index in [0.29, 0.717) is 36.1 Å². The van der Waals surface area contributed by atoms with Gasteiger partial charge in [0.05, 0.1) is 16.5 Å². The van der Waals surface area contributed by atoms with Crippen LogP contribution in [0.2, 0.25) is 5.02 Å². The van der Waals surface area contributed by atoms with E-state index in [4.69, 9.17) is 21.1 Å². The predicted molar refractivity (Wildman–Crippen MR) is 174 cm³/mol. The van der Waals surface area contributed by atoms with E-state index in [-0.39, 0.29) is 24.0 Å². The molecule has 2 aliphatic heterocycles. The van der Waals surface area contributed by atoms with Gasteiger partial charge in [-0.05, 0) is 105 Å². The molecule has 240 valence electrons. The van der Waals surface area contributed by atoms with Gasteiger partial charge in [0, 0.05) is 43.8 Å². The lowest BCUT2D eigenvalue weighted by atomic mass is 9.63. The minimum atomic E-state index is -3.95. The number of halogens is 1. The van der Waals surface area contributed by atoms with Crippen LogP contribution >= 0.6 is 11.6 Å². The summed E-state index contributed by atoms with van der Waals surface area (Å²) in [4.78, 5) is 15.7. The first-order valence-corrected chi connectivity index (χ1v) is 17.7. The number of allylic oxidation sites excluding steroid dienone is 1. The molecule has 0 aromatic heterocycles. The molecule has 2 heterocycles. The Kier molecular flexibility index (Phi) is 10.3. The molecule has 2 aromatic carbocycles. The van der Waals surface area contributed by atoms with Crippen LogP contribution in [0.15, 0.2) is 48.6 Å². The number of hydrogen-bond acceptors (Lipinski definition) is 7. The number of fused-ring (bicyclic) bond motifs is 3. The Bertz CT molecular complexity index is 1480. The number of methoxy groups -OCH3 is 1. The number of aliphatic hydroxyl groups excluding tert-OH is 1. The Labute approximate surface area is 266 Å². The van der Waals surface area contributed by atoms with Gasteiger partial charge in [0.2, 0.25) is 10.0 Å². The van der Waals surface area contributed by atoms with Crippen LogP contribution < -0.4 is 14.4 Å². The molecule has 8 nitrogen and oxygen atoms in total. The number of rotatable bonds is 3. The molecule has 0 spiro atoms. The summed E-state index contributed by atoms with van der Waals surface area (Å²) in [7, 11) is -2.25. The van der Waals surface area contributed by atoms with Gasteiger partial charge >= 0.3 is 0 Å². The van der Waals surface area contributed by atoms with Gasteiger partial charge in [-0.2, -0.15) is 0 Å². The van der Waals surface area contributed by atoms with Gasteiger partial charge in [-0.3, -0.25) is 4.79 Å². The maximum absolute atomic E-state index is 13.4. The van der Waals surface area contributed by atoms with Gasteiger partial charge in [0.1, 0.15) is 12.4 Å². The van der Waals surface area contributed by atoms with Gasteiger partial charge in [-0.25, -0.2) is 13.1 Å². The first kappa shape index (κ1) is 32.8. The van der Waals surface area contributed by atoms with E-state index in [1.807, 2.05) is 37.3 Å². The number of anilines is 1. The quantitative estimate of drug-likeness (QED) is 0.401. The minimum absolute atomic E-state index is 0.0118. The highest BCUT2D eigenvalue weighted by Crippen LogP contribution is 2.47. The van der Waals surface area contributed by atoms with Crippen molar-refractivity contribution < 1.29 is 27.8 Å². The molecule has 3 aliphatic rings. The van der Waals surface area contributed by atoms with E-state index in [9.17, 15) is 18.3 Å². The number of nitrogens with zero attached hydrogens (tertiary/aromatic N) is 1. The van der Waals surface area contributed by atoms with E-state index in [1.165, 1.54) is 5.56 Å². The molecule has 1 saturated carbocycles. The number of carbonyl (C=O) groups excluding carboxylic acids is 1. The van der Waals surface area contributed by atoms with Crippen molar-refractivity contribution in [3.8, 4) is 5.75 Å². The maximum atomic E-state index is 13.4. The number of sulfonamides is 1. The number of nitrogens with one attached hydrogen (secondary N) is 1. The molecule has 0 unspecified atom stereocenters. The summed E-state index contributed by atoms with van der Waals surface area (Å²) in [5, 5.41) is 9.98. The summed E-state index contributed by atoms with van der Waals surface area (Å²) in [5.41, 5.74) is 2.63. The van der Waals surface area contributed by atoms with Crippen molar-refractivity contribution in [1.82, 2.24) is 4.72 Å². The lowest BCUT2D eigenvalue weighted by molar-refractivity contribution is -0.0863. The molecule has 5 atom stereocenters. The minimum Gasteiger partial charge on any atom is -0.487 e. The second-order valence-electron chi connectivity index (χ2n) is 12.7. The van der Waals surface area contributed by atoms with Crippen molar-refractivity contribution in [2.24, 2.45) is 17.8 Å². The molecule has 1 aliphatic carbocycles. The van der Waals surface area contributed by atoms with Gasteiger partial charge in [-0.1, -0.05) is 36.7 Å². The van der Waals surface area contributed by atoms with Crippen LogP contribution in [0.4, 0.5) is 5.69 Å². The Balaban J connectivity index is 1.58. The molecule has 2 bridgehead atoms. The Morgan fingerprint density at radius 1 is 1.14 bits per heavy atom. The molecule has 44 heavy (non-hydrogen) atoms. The fourth-order valence-electron chi connectivity index (χ4n) is 6.94. The zero-order chi connectivity index (χ0) is 31.5. The standard InChI is InChI=1S/C34H45ClN2O6S/c1-23-7-6-15-34(42-3,16-18-38)30-13-10-27(30)21-37-17-5-4-8-25-19-29(35)12-9-28(25)22-43-32-14-11-26(20-31(32)37)33(39)36-44(40,41)24(23)2/h6,9,11-12,14-15,19-20,23-24,27,30,38H,4-5,7-8,10,13,16-18,21-22H2,1-3H3,(H,36,39)/b15-6+/t23-,24+,27-,30+,34+/m0/s1. The lowest BCUT2D eigenvalue weighted by Gasteiger charge is -2.50. The molecular weight excluding hydrogens is 600 g/mol. The topological polar surface area (TPSA) is 105 Å². The largest absolute Gasteiger partial charge is 0.487 e. The van der Waals surface area contributed by atoms with Crippen LogP contribution in [0.3, 0.4) is 0 Å². The van der Waals surface area contributed by atoms with Crippen molar-refractivity contribution in [3.05, 3.63) is 70.3 Å². The van der Waals surface area contributed by atoms with Crippen LogP contribution in [0.25, 0.3) is 0 Å². The number of carbonyl (C=O) groups is 1. The monoisotopic (exact) mass is 644 g/mol. The second-order valence-corrected chi connectivity index (χ2v) is 15.1. The zero-order valence-corrected chi connectivity index (χ0v) is 27.5. The van der Waals surface area contributed by atoms with E-state index in [0.717, 1.165) is 56.4 Å². The number of ether oxygens (including phenoxy) is 2. The molecule has 1 fully saturated rings. The van der Waals surface area contributed by atoms with Crippen molar-refractivity contribution >= 4 is 33.2 Å². The van der Waals surface area contributed by atoms with E-state index >= 15 is 0 Å². The van der Waals surface area contributed by atoms with Crippen LogP contribution in [0, 0.1) is 17.8 Å². The Hall–Kier alpha value is -2.59. The van der Waals surface area contributed by atoms with E-state index in [2.05, 4.69) is 9.62 Å². The lowest BCUT2D eigenvalue weighted by Crippen LogP contribution is -2.51. The first-order valence-electron chi connectivity index (χ1n) is 15.8. The normalized spacial score (nSPS) is 29.9. The summed E-state index contributed by atoms with van der Waals surface area (Å²) in [6.07, 6.45) is 9.74. The van der Waals surface area contributed by atoms with Gasteiger partial charge < -0.3 is 19.5 Å². The van der Waals surface area contributed by atoms with Crippen LogP contribution in [-0.2, 0) is 27.8 Å². The summed E-state index contributed by atoms with van der Waals surface area (Å²) in [6, 6.07) is 11.1. The number of aryl methyl sites for hydroxylation is 1. The average Bonchev–Trinajstić information content (AvgIpc) is 3.01. The van der Waals surface area contributed by atoms with E-state index in [1.54, 1.807) is 32.2 Å². The van der Waals surface area contributed by atoms with Gasteiger partial charge in [0.25, 0.3) is 5.91 Å². The van der Waals surface area contributed by atoms with Gasteiger partial charge in [0.15, 0.2) is 0 Å². The van der Waals surface area contributed by atoms with Crippen LogP contribution in [0.1, 0.15) is 73.9 Å². The molecule has 2 aromatic rings. The van der Waals surface area contributed by atoms with Crippen molar-refractivity contribution in [1.29, 1.82) is 0 Å². The third-order valence-electron chi connectivity index (χ3n) is 10.1. The van der Waals surface area contributed by atoms with Crippen LogP contribution in [0.5, 0.6) is 5.75 Å². The highest BCUT2D eigenvalue weighted by molar-refractivity contribution is 7.90. The molecule has 0 saturated heterocycles. The third-order valence-corrected chi connectivity index (χ3v) is 12.2. The van der Waals surface area contributed by atoms with Crippen LogP contribution in [-0.4, -0.2) is 57.1 Å². The molecular formula is C34H45ClN2O6S.